The van der Waals surface area contributed by atoms with Crippen molar-refractivity contribution in [2.75, 3.05) is 13.7 Å². The minimum absolute atomic E-state index is 0.210. The molecule has 0 saturated carbocycles. The zero-order valence-corrected chi connectivity index (χ0v) is 18.4. The lowest BCUT2D eigenvalue weighted by molar-refractivity contribution is 0.0754. The summed E-state index contributed by atoms with van der Waals surface area (Å²) in [6.45, 7) is 0.555. The van der Waals surface area contributed by atoms with Crippen molar-refractivity contribution >= 4 is 17.6 Å². The van der Waals surface area contributed by atoms with E-state index in [0.29, 0.717) is 12.1 Å². The van der Waals surface area contributed by atoms with Gasteiger partial charge in [0.15, 0.2) is 0 Å². The Morgan fingerprint density at radius 2 is 2.00 bits per heavy atom. The van der Waals surface area contributed by atoms with Crippen molar-refractivity contribution in [2.24, 2.45) is 0 Å². The van der Waals surface area contributed by atoms with Crippen LogP contribution < -0.4 is 10.8 Å². The van der Waals surface area contributed by atoms with Crippen LogP contribution in [-0.4, -0.2) is 39.9 Å². The number of carbonyl (C=O) groups is 2. The molecule has 5 rings (SSSR count). The van der Waals surface area contributed by atoms with Crippen molar-refractivity contribution in [2.45, 2.75) is 12.6 Å². The monoisotopic (exact) mass is 459 g/mol. The summed E-state index contributed by atoms with van der Waals surface area (Å²) in [5.41, 5.74) is 6.91. The number of imidazole rings is 1. The first-order valence-corrected chi connectivity index (χ1v) is 10.7. The fraction of sp³-hybridized carbons (Fsp3) is 0.160. The van der Waals surface area contributed by atoms with Gasteiger partial charge in [0.25, 0.3) is 5.91 Å². The minimum Gasteiger partial charge on any atom is -0.332 e. The lowest BCUT2D eigenvalue weighted by atomic mass is 10.0. The van der Waals surface area contributed by atoms with Gasteiger partial charge in [-0.15, -0.1) is 0 Å². The van der Waals surface area contributed by atoms with Gasteiger partial charge in [0.1, 0.15) is 11.5 Å². The molecule has 9 heteroatoms. The maximum atomic E-state index is 13.6. The Bertz CT molecular complexity index is 1370. The molecule has 2 aromatic carbocycles. The first kappa shape index (κ1) is 21.6. The molecule has 0 radical (unpaired) electrons. The average molecular weight is 459 g/mol. The molecule has 0 aliphatic carbocycles. The molecule has 4 aromatic rings. The lowest BCUT2D eigenvalue weighted by Gasteiger charge is -2.25. The Balaban J connectivity index is 1.41. The zero-order valence-electron chi connectivity index (χ0n) is 18.4. The number of nitrogens with one attached hydrogen (secondary N) is 2. The standard InChI is InChI=1S/C25H22FN5O3/c1-34-29-25(33)28-21(15-30-14-18-9-10-19(26)12-20(18)24(30)32)16-5-7-17(8-6-16)22-13-27-23-4-2-3-11-31(22)23/h2-13,21H,14-15H2,1H3,(H2,28,29,33)/t21-/m0/s1. The highest BCUT2D eigenvalue weighted by Crippen LogP contribution is 2.28. The number of nitrogens with zero attached hydrogens (tertiary/aromatic N) is 3. The third kappa shape index (κ3) is 4.08. The Morgan fingerprint density at radius 3 is 2.79 bits per heavy atom. The Morgan fingerprint density at radius 1 is 1.18 bits per heavy atom. The fourth-order valence-corrected chi connectivity index (χ4v) is 4.25. The van der Waals surface area contributed by atoms with E-state index in [9.17, 15) is 14.0 Å². The highest BCUT2D eigenvalue weighted by atomic mass is 19.1. The molecular weight excluding hydrogens is 437 g/mol. The second-order valence-electron chi connectivity index (χ2n) is 8.01. The number of rotatable bonds is 6. The lowest BCUT2D eigenvalue weighted by Crippen LogP contribution is -2.42. The van der Waals surface area contributed by atoms with E-state index in [2.05, 4.69) is 15.8 Å². The van der Waals surface area contributed by atoms with Gasteiger partial charge in [-0.05, 0) is 35.4 Å². The summed E-state index contributed by atoms with van der Waals surface area (Å²) in [6.07, 6.45) is 3.76. The molecule has 0 fully saturated rings. The molecule has 0 saturated heterocycles. The molecule has 8 nitrogen and oxygen atoms in total. The number of hydrogen-bond donors (Lipinski definition) is 2. The van der Waals surface area contributed by atoms with Gasteiger partial charge in [-0.1, -0.05) is 36.4 Å². The zero-order chi connectivity index (χ0) is 23.7. The summed E-state index contributed by atoms with van der Waals surface area (Å²) in [5.74, 6) is -0.720. The molecule has 0 spiro atoms. The van der Waals surface area contributed by atoms with Gasteiger partial charge < -0.3 is 10.2 Å². The van der Waals surface area contributed by atoms with Crippen LogP contribution >= 0.6 is 0 Å². The Labute approximate surface area is 194 Å². The van der Waals surface area contributed by atoms with Crippen molar-refractivity contribution in [3.8, 4) is 11.3 Å². The normalized spacial score (nSPS) is 13.7. The molecule has 2 N–H and O–H groups in total. The van der Waals surface area contributed by atoms with E-state index in [0.717, 1.165) is 28.0 Å². The highest BCUT2D eigenvalue weighted by Gasteiger charge is 2.30. The van der Waals surface area contributed by atoms with E-state index < -0.39 is 17.9 Å². The van der Waals surface area contributed by atoms with Crippen LogP contribution in [0.3, 0.4) is 0 Å². The number of urea groups is 1. The van der Waals surface area contributed by atoms with Crippen LogP contribution in [0.2, 0.25) is 0 Å². The van der Waals surface area contributed by atoms with E-state index in [-0.39, 0.29) is 12.5 Å². The van der Waals surface area contributed by atoms with Crippen LogP contribution in [0.4, 0.5) is 9.18 Å². The maximum Gasteiger partial charge on any atom is 0.339 e. The molecule has 2 aromatic heterocycles. The number of benzene rings is 2. The molecule has 3 amide bonds. The van der Waals surface area contributed by atoms with Crippen LogP contribution in [0, 0.1) is 5.82 Å². The van der Waals surface area contributed by atoms with Gasteiger partial charge in [-0.25, -0.2) is 19.6 Å². The molecule has 34 heavy (non-hydrogen) atoms. The van der Waals surface area contributed by atoms with Crippen LogP contribution in [0.5, 0.6) is 0 Å². The number of amides is 3. The Kier molecular flexibility index (Phi) is 5.69. The van der Waals surface area contributed by atoms with Crippen molar-refractivity contribution in [1.29, 1.82) is 0 Å². The van der Waals surface area contributed by atoms with Gasteiger partial charge in [-0.2, -0.15) is 0 Å². The first-order chi connectivity index (χ1) is 16.5. The average Bonchev–Trinajstić information content (AvgIpc) is 3.40. The molecule has 3 heterocycles. The maximum absolute atomic E-state index is 13.6. The molecule has 1 aliphatic heterocycles. The third-order valence-corrected chi connectivity index (χ3v) is 5.88. The summed E-state index contributed by atoms with van der Waals surface area (Å²) >= 11 is 0. The van der Waals surface area contributed by atoms with Crippen molar-refractivity contribution in [1.82, 2.24) is 25.1 Å². The van der Waals surface area contributed by atoms with Gasteiger partial charge >= 0.3 is 6.03 Å². The number of halogens is 1. The minimum atomic E-state index is -0.534. The smallest absolute Gasteiger partial charge is 0.332 e. The van der Waals surface area contributed by atoms with E-state index in [1.807, 2.05) is 59.3 Å². The quantitative estimate of drug-likeness (QED) is 0.431. The fourth-order valence-electron chi connectivity index (χ4n) is 4.25. The molecule has 0 bridgehead atoms. The molecule has 172 valence electrons. The van der Waals surface area contributed by atoms with Gasteiger partial charge in [0.05, 0.1) is 25.0 Å². The highest BCUT2D eigenvalue weighted by molar-refractivity contribution is 5.98. The first-order valence-electron chi connectivity index (χ1n) is 10.7. The summed E-state index contributed by atoms with van der Waals surface area (Å²) in [5, 5.41) is 2.84. The number of hydroxylamine groups is 1. The second kappa shape index (κ2) is 8.95. The van der Waals surface area contributed by atoms with Crippen LogP contribution in [0.15, 0.2) is 73.1 Å². The van der Waals surface area contributed by atoms with E-state index in [1.54, 1.807) is 11.0 Å². The number of pyridine rings is 1. The molecule has 1 atom stereocenters. The Hall–Kier alpha value is -4.24. The number of carbonyl (C=O) groups excluding carboxylic acids is 2. The van der Waals surface area contributed by atoms with E-state index in [4.69, 9.17) is 4.84 Å². The molecular formula is C25H22FN5O3. The molecule has 1 aliphatic rings. The summed E-state index contributed by atoms with van der Waals surface area (Å²) in [6, 6.07) is 16.7. The summed E-state index contributed by atoms with van der Waals surface area (Å²) < 4.78 is 15.6. The number of aromatic nitrogens is 2. The van der Waals surface area contributed by atoms with Gasteiger partial charge in [0, 0.05) is 30.4 Å². The third-order valence-electron chi connectivity index (χ3n) is 5.88. The van der Waals surface area contributed by atoms with Crippen molar-refractivity contribution < 1.29 is 18.8 Å². The van der Waals surface area contributed by atoms with E-state index in [1.165, 1.54) is 19.2 Å². The largest absolute Gasteiger partial charge is 0.339 e. The summed E-state index contributed by atoms with van der Waals surface area (Å²) in [7, 11) is 1.34. The van der Waals surface area contributed by atoms with Crippen molar-refractivity contribution in [3.63, 3.8) is 0 Å². The second-order valence-corrected chi connectivity index (χ2v) is 8.01. The summed E-state index contributed by atoms with van der Waals surface area (Å²) in [4.78, 5) is 35.8. The van der Waals surface area contributed by atoms with Gasteiger partial charge in [0.2, 0.25) is 0 Å². The van der Waals surface area contributed by atoms with Crippen molar-refractivity contribution in [3.05, 3.63) is 95.6 Å². The molecule has 0 unspecified atom stereocenters. The van der Waals surface area contributed by atoms with Crippen LogP contribution in [0.1, 0.15) is 27.5 Å². The topological polar surface area (TPSA) is 88.0 Å². The number of hydrogen-bond acceptors (Lipinski definition) is 4. The van der Waals surface area contributed by atoms with Crippen LogP contribution in [0.25, 0.3) is 16.9 Å². The number of fused-ring (bicyclic) bond motifs is 2. The van der Waals surface area contributed by atoms with Crippen LogP contribution in [-0.2, 0) is 11.4 Å². The predicted octanol–water partition coefficient (Wildman–Crippen LogP) is 3.70. The SMILES string of the molecule is CONC(=O)N[C@@H](CN1Cc2ccc(F)cc2C1=O)c1ccc(-c2cnc3ccccn23)cc1. The van der Waals surface area contributed by atoms with E-state index >= 15 is 0 Å². The van der Waals surface area contributed by atoms with Gasteiger partial charge in [-0.3, -0.25) is 14.0 Å². The predicted molar refractivity (Wildman–Crippen MR) is 123 cm³/mol.